The number of aromatic nitrogens is 1. The van der Waals surface area contributed by atoms with E-state index in [9.17, 15) is 18.0 Å². The summed E-state index contributed by atoms with van der Waals surface area (Å²) in [6, 6.07) is 9.08. The molecule has 6 heteroatoms. The van der Waals surface area contributed by atoms with Crippen LogP contribution in [0.3, 0.4) is 0 Å². The molecule has 1 N–H and O–H groups in total. The van der Waals surface area contributed by atoms with E-state index in [0.29, 0.717) is 15.9 Å². The molecule has 0 aliphatic carbocycles. The van der Waals surface area contributed by atoms with Gasteiger partial charge in [-0.15, -0.1) is 0 Å². The molecule has 0 fully saturated rings. The first-order valence-electron chi connectivity index (χ1n) is 5.69. The molecule has 102 valence electrons. The summed E-state index contributed by atoms with van der Waals surface area (Å²) in [6.07, 6.45) is -4.58. The summed E-state index contributed by atoms with van der Waals surface area (Å²) in [5.41, 5.74) is -1.50. The number of rotatable bonds is 0. The Balaban J connectivity index is 2.55. The van der Waals surface area contributed by atoms with Crippen LogP contribution in [-0.4, -0.2) is 4.98 Å². The molecule has 2 aromatic carbocycles. The molecule has 0 saturated carbocycles. The predicted molar refractivity (Wildman–Crippen MR) is 74.8 cm³/mol. The molecule has 0 unspecified atom stereocenters. The Morgan fingerprint density at radius 1 is 1.00 bits per heavy atom. The first kappa shape index (κ1) is 13.2. The molecule has 0 aliphatic heterocycles. The summed E-state index contributed by atoms with van der Waals surface area (Å²) in [6.45, 7) is 0. The highest BCUT2D eigenvalue weighted by Gasteiger charge is 2.32. The normalized spacial score (nSPS) is 12.2. The van der Waals surface area contributed by atoms with Crippen molar-refractivity contribution in [2.75, 3.05) is 0 Å². The van der Waals surface area contributed by atoms with Crippen LogP contribution >= 0.6 is 15.9 Å². The maximum atomic E-state index is 12.8. The largest absolute Gasteiger partial charge is 0.431 e. The minimum Gasteiger partial charge on any atom is -0.350 e. The maximum Gasteiger partial charge on any atom is 0.431 e. The van der Waals surface area contributed by atoms with Crippen molar-refractivity contribution in [2.24, 2.45) is 0 Å². The van der Waals surface area contributed by atoms with Crippen molar-refractivity contribution >= 4 is 37.6 Å². The third-order valence-electron chi connectivity index (χ3n) is 3.10. The lowest BCUT2D eigenvalue weighted by atomic mass is 10.1. The molecule has 0 radical (unpaired) electrons. The van der Waals surface area contributed by atoms with Crippen molar-refractivity contribution in [1.29, 1.82) is 0 Å². The van der Waals surface area contributed by atoms with Crippen LogP contribution in [0.15, 0.2) is 45.7 Å². The van der Waals surface area contributed by atoms with Crippen molar-refractivity contribution in [2.45, 2.75) is 6.18 Å². The van der Waals surface area contributed by atoms with Gasteiger partial charge in [-0.1, -0.05) is 40.2 Å². The van der Waals surface area contributed by atoms with Gasteiger partial charge in [0, 0.05) is 21.3 Å². The highest BCUT2D eigenvalue weighted by Crippen LogP contribution is 2.32. The summed E-state index contributed by atoms with van der Waals surface area (Å²) in [4.78, 5) is 14.2. The fraction of sp³-hybridized carbons (Fsp3) is 0.0714. The number of nitrogens with one attached hydrogen (secondary N) is 1. The molecule has 0 atom stereocenters. The van der Waals surface area contributed by atoms with Crippen molar-refractivity contribution in [3.05, 3.63) is 56.8 Å². The molecule has 20 heavy (non-hydrogen) atoms. The quantitative estimate of drug-likeness (QED) is 0.601. The number of hydrogen-bond donors (Lipinski definition) is 1. The Labute approximate surface area is 119 Å². The van der Waals surface area contributed by atoms with E-state index in [1.165, 1.54) is 6.07 Å². The minimum atomic E-state index is -4.58. The third kappa shape index (κ3) is 2.00. The number of benzene rings is 2. The Bertz CT molecular complexity index is 883. The molecule has 3 rings (SSSR count). The van der Waals surface area contributed by atoms with E-state index < -0.39 is 17.3 Å². The molecule has 0 amide bonds. The first-order valence-corrected chi connectivity index (χ1v) is 6.49. The van der Waals surface area contributed by atoms with Crippen LogP contribution in [0.25, 0.3) is 21.7 Å². The van der Waals surface area contributed by atoms with Crippen LogP contribution in [0.2, 0.25) is 0 Å². The van der Waals surface area contributed by atoms with Gasteiger partial charge in [0.2, 0.25) is 0 Å². The number of pyridine rings is 1. The molecule has 0 spiro atoms. The van der Waals surface area contributed by atoms with Crippen molar-refractivity contribution in [3.63, 3.8) is 0 Å². The van der Waals surface area contributed by atoms with E-state index in [-0.39, 0.29) is 10.9 Å². The lowest BCUT2D eigenvalue weighted by Gasteiger charge is -2.10. The van der Waals surface area contributed by atoms with Gasteiger partial charge in [0.1, 0.15) is 5.69 Å². The topological polar surface area (TPSA) is 32.9 Å². The number of alkyl halides is 3. The lowest BCUT2D eigenvalue weighted by Crippen LogP contribution is -2.14. The van der Waals surface area contributed by atoms with Crippen LogP contribution in [0, 0.1) is 0 Å². The van der Waals surface area contributed by atoms with Gasteiger partial charge in [-0.2, -0.15) is 13.2 Å². The number of fused-ring (bicyclic) bond motifs is 3. The smallest absolute Gasteiger partial charge is 0.350 e. The number of hydrogen-bond acceptors (Lipinski definition) is 1. The van der Waals surface area contributed by atoms with E-state index in [1.807, 2.05) is 0 Å². The Morgan fingerprint density at radius 2 is 1.65 bits per heavy atom. The van der Waals surface area contributed by atoms with Gasteiger partial charge >= 0.3 is 6.18 Å². The highest BCUT2D eigenvalue weighted by atomic mass is 79.9. The van der Waals surface area contributed by atoms with Crippen LogP contribution in [0.1, 0.15) is 5.69 Å². The average Bonchev–Trinajstić information content (AvgIpc) is 2.39. The Hall–Kier alpha value is -1.82. The summed E-state index contributed by atoms with van der Waals surface area (Å²) in [7, 11) is 0. The number of H-pyrrole nitrogens is 1. The Morgan fingerprint density at radius 3 is 2.30 bits per heavy atom. The Kier molecular flexibility index (Phi) is 2.86. The van der Waals surface area contributed by atoms with Gasteiger partial charge in [-0.3, -0.25) is 4.79 Å². The highest BCUT2D eigenvalue weighted by molar-refractivity contribution is 9.10. The van der Waals surface area contributed by atoms with E-state index in [2.05, 4.69) is 20.9 Å². The third-order valence-corrected chi connectivity index (χ3v) is 3.76. The van der Waals surface area contributed by atoms with Gasteiger partial charge in [0.25, 0.3) is 0 Å². The minimum absolute atomic E-state index is 0.198. The van der Waals surface area contributed by atoms with E-state index in [4.69, 9.17) is 0 Å². The molecule has 0 saturated heterocycles. The zero-order valence-electron chi connectivity index (χ0n) is 9.88. The van der Waals surface area contributed by atoms with E-state index in [1.54, 1.807) is 24.3 Å². The molecule has 2 nitrogen and oxygen atoms in total. The van der Waals surface area contributed by atoms with Gasteiger partial charge < -0.3 is 4.98 Å². The lowest BCUT2D eigenvalue weighted by molar-refractivity contribution is -0.141. The molecule has 1 heterocycles. The zero-order valence-corrected chi connectivity index (χ0v) is 11.5. The van der Waals surface area contributed by atoms with Gasteiger partial charge in [0.15, 0.2) is 5.43 Å². The fourth-order valence-corrected chi connectivity index (χ4v) is 2.77. The van der Waals surface area contributed by atoms with Crippen LogP contribution in [0.4, 0.5) is 13.2 Å². The maximum absolute atomic E-state index is 12.8. The average molecular weight is 342 g/mol. The molecular formula is C14H7BrF3NO. The summed E-state index contributed by atoms with van der Waals surface area (Å²) >= 11 is 3.34. The van der Waals surface area contributed by atoms with Gasteiger partial charge in [-0.05, 0) is 11.5 Å². The second-order valence-corrected chi connectivity index (χ2v) is 5.23. The number of halogens is 4. The predicted octanol–water partition coefficient (Wildman–Crippen LogP) is 4.46. The molecule has 0 bridgehead atoms. The molecular weight excluding hydrogens is 335 g/mol. The second kappa shape index (κ2) is 4.34. The van der Waals surface area contributed by atoms with Crippen molar-refractivity contribution in [1.82, 2.24) is 4.98 Å². The second-order valence-electron chi connectivity index (χ2n) is 4.37. The summed E-state index contributed by atoms with van der Waals surface area (Å²) in [5.74, 6) is 0. The van der Waals surface area contributed by atoms with Crippen LogP contribution < -0.4 is 5.43 Å². The zero-order chi connectivity index (χ0) is 14.5. The van der Waals surface area contributed by atoms with Crippen LogP contribution in [0.5, 0.6) is 0 Å². The van der Waals surface area contributed by atoms with Crippen LogP contribution in [-0.2, 0) is 6.18 Å². The molecule has 3 aromatic rings. The van der Waals surface area contributed by atoms with Crippen molar-refractivity contribution < 1.29 is 13.2 Å². The van der Waals surface area contributed by atoms with Gasteiger partial charge in [-0.25, -0.2) is 0 Å². The first-order chi connectivity index (χ1) is 9.38. The van der Waals surface area contributed by atoms with Gasteiger partial charge in [0.05, 0.1) is 5.52 Å². The summed E-state index contributed by atoms with van der Waals surface area (Å²) < 4.78 is 39.1. The standard InChI is InChI=1S/C14H7BrF3NO/c15-10-5-9-11(20)6-12(14(16,17)18)19-13(9)8-4-2-1-3-7(8)10/h1-6H,(H,19,20). The van der Waals surface area contributed by atoms with E-state index in [0.717, 1.165) is 5.39 Å². The fourth-order valence-electron chi connectivity index (χ4n) is 2.19. The van der Waals surface area contributed by atoms with E-state index >= 15 is 0 Å². The molecule has 0 aliphatic rings. The summed E-state index contributed by atoms with van der Waals surface area (Å²) in [5, 5.41) is 1.54. The monoisotopic (exact) mass is 341 g/mol. The number of aromatic amines is 1. The van der Waals surface area contributed by atoms with Crippen molar-refractivity contribution in [3.8, 4) is 0 Å². The SMILES string of the molecule is O=c1cc(C(F)(F)F)[nH]c2c1cc(Br)c1ccccc12. The molecule has 1 aromatic heterocycles.